The minimum atomic E-state index is -0.0706. The molecule has 160 valence electrons. The molecule has 1 aliphatic heterocycles. The number of carbonyl (C=O) groups is 1. The molecule has 29 heavy (non-hydrogen) atoms. The molecule has 7 heteroatoms. The molecule has 2 fully saturated rings. The molecule has 2 N–H and O–H groups in total. The highest BCUT2D eigenvalue weighted by molar-refractivity contribution is 5.80. The van der Waals surface area contributed by atoms with E-state index >= 15 is 0 Å². The molecule has 1 aromatic rings. The number of hydrogen-bond donors (Lipinski definition) is 2. The van der Waals surface area contributed by atoms with Gasteiger partial charge >= 0.3 is 5.97 Å². The average molecular weight is 402 g/mol. The fraction of sp³-hybridized carbons (Fsp3) is 0.682. The quantitative estimate of drug-likeness (QED) is 0.317. The summed E-state index contributed by atoms with van der Waals surface area (Å²) in [6, 6.07) is 6.58. The molecule has 0 aromatic carbocycles. The second-order valence-electron chi connectivity index (χ2n) is 8.04. The molecule has 0 amide bonds. The second kappa shape index (κ2) is 11.0. The van der Waals surface area contributed by atoms with Crippen LogP contribution in [0, 0.1) is 6.92 Å². The summed E-state index contributed by atoms with van der Waals surface area (Å²) in [7, 11) is 1.79. The number of aryl methyl sites for hydroxylation is 1. The summed E-state index contributed by atoms with van der Waals surface area (Å²) < 4.78 is 5.50. The number of hydrogen-bond acceptors (Lipinski definition) is 5. The molecule has 0 spiro atoms. The number of guanidine groups is 1. The summed E-state index contributed by atoms with van der Waals surface area (Å²) in [6.07, 6.45) is 7.88. The molecule has 0 radical (unpaired) electrons. The lowest BCUT2D eigenvalue weighted by molar-refractivity contribution is -0.148. The number of pyridine rings is 1. The first kappa shape index (κ1) is 21.4. The van der Waals surface area contributed by atoms with E-state index < -0.39 is 0 Å². The Hall–Kier alpha value is -2.31. The van der Waals surface area contributed by atoms with Crippen molar-refractivity contribution in [1.82, 2.24) is 15.6 Å². The number of nitrogens with zero attached hydrogens (tertiary/aromatic N) is 3. The van der Waals surface area contributed by atoms with Crippen molar-refractivity contribution < 1.29 is 9.53 Å². The zero-order valence-electron chi connectivity index (χ0n) is 17.8. The minimum absolute atomic E-state index is 0.0706. The zero-order chi connectivity index (χ0) is 20.5. The third-order valence-electron chi connectivity index (χ3n) is 5.71. The first-order valence-electron chi connectivity index (χ1n) is 11.0. The lowest BCUT2D eigenvalue weighted by Gasteiger charge is -2.34. The van der Waals surface area contributed by atoms with E-state index in [2.05, 4.69) is 37.6 Å². The first-order valence-corrected chi connectivity index (χ1v) is 11.0. The molecule has 2 heterocycles. The van der Waals surface area contributed by atoms with Crippen molar-refractivity contribution in [1.29, 1.82) is 0 Å². The highest BCUT2D eigenvalue weighted by Crippen LogP contribution is 2.21. The van der Waals surface area contributed by atoms with E-state index in [1.54, 1.807) is 7.05 Å². The van der Waals surface area contributed by atoms with Gasteiger partial charge in [0.2, 0.25) is 0 Å². The van der Waals surface area contributed by atoms with E-state index in [0.29, 0.717) is 19.0 Å². The smallest absolute Gasteiger partial charge is 0.306 e. The summed E-state index contributed by atoms with van der Waals surface area (Å²) >= 11 is 0. The highest BCUT2D eigenvalue weighted by atomic mass is 16.5. The normalized spacial score (nSPS) is 18.7. The van der Waals surface area contributed by atoms with Crippen LogP contribution in [-0.2, 0) is 9.53 Å². The molecule has 0 unspecified atom stereocenters. The third kappa shape index (κ3) is 6.91. The number of piperidine rings is 1. The maximum atomic E-state index is 11.9. The zero-order valence-corrected chi connectivity index (χ0v) is 17.8. The van der Waals surface area contributed by atoms with Gasteiger partial charge in [-0.1, -0.05) is 6.07 Å². The maximum Gasteiger partial charge on any atom is 0.306 e. The number of aliphatic imine (C=N–C) groups is 1. The van der Waals surface area contributed by atoms with E-state index in [1.807, 2.05) is 13.0 Å². The molecule has 1 saturated carbocycles. The monoisotopic (exact) mass is 401 g/mol. The van der Waals surface area contributed by atoms with Crippen LogP contribution in [0.15, 0.2) is 23.2 Å². The topological polar surface area (TPSA) is 78.8 Å². The van der Waals surface area contributed by atoms with E-state index in [9.17, 15) is 4.79 Å². The summed E-state index contributed by atoms with van der Waals surface area (Å²) in [5.74, 6) is 1.80. The summed E-state index contributed by atoms with van der Waals surface area (Å²) in [4.78, 5) is 23.2. The number of nitrogens with one attached hydrogen (secondary N) is 2. The molecule has 0 atom stereocenters. The van der Waals surface area contributed by atoms with E-state index in [-0.39, 0.29) is 12.1 Å². The molecule has 1 aromatic heterocycles. The molecule has 7 nitrogen and oxygen atoms in total. The van der Waals surface area contributed by atoms with Crippen molar-refractivity contribution in [3.8, 4) is 0 Å². The Labute approximate surface area is 174 Å². The highest BCUT2D eigenvalue weighted by Gasteiger charge is 2.21. The van der Waals surface area contributed by atoms with Gasteiger partial charge in [0.1, 0.15) is 11.9 Å². The van der Waals surface area contributed by atoms with Gasteiger partial charge in [0, 0.05) is 44.8 Å². The number of esters is 1. The second-order valence-corrected chi connectivity index (χ2v) is 8.04. The van der Waals surface area contributed by atoms with Crippen molar-refractivity contribution in [2.75, 3.05) is 31.6 Å². The van der Waals surface area contributed by atoms with Crippen LogP contribution in [-0.4, -0.2) is 55.7 Å². The molecule has 3 rings (SSSR count). The first-order chi connectivity index (χ1) is 14.1. The number of aromatic nitrogens is 1. The van der Waals surface area contributed by atoms with Crippen LogP contribution >= 0.6 is 0 Å². The van der Waals surface area contributed by atoms with Gasteiger partial charge in [-0.25, -0.2) is 4.98 Å². The van der Waals surface area contributed by atoms with Crippen molar-refractivity contribution in [2.24, 2.45) is 4.99 Å². The fourth-order valence-electron chi connectivity index (χ4n) is 4.04. The van der Waals surface area contributed by atoms with Gasteiger partial charge in [-0.05, 0) is 64.0 Å². The van der Waals surface area contributed by atoms with E-state index in [1.165, 1.54) is 12.8 Å². The van der Waals surface area contributed by atoms with Gasteiger partial charge < -0.3 is 20.3 Å². The van der Waals surface area contributed by atoms with Gasteiger partial charge in [-0.2, -0.15) is 0 Å². The Balaban J connectivity index is 1.31. The summed E-state index contributed by atoms with van der Waals surface area (Å²) in [6.45, 7) is 4.71. The van der Waals surface area contributed by atoms with Gasteiger partial charge in [0.05, 0.1) is 0 Å². The molecule has 0 bridgehead atoms. The van der Waals surface area contributed by atoms with Crippen molar-refractivity contribution in [2.45, 2.75) is 70.4 Å². The molecule has 1 aliphatic carbocycles. The predicted molar refractivity (Wildman–Crippen MR) is 116 cm³/mol. The summed E-state index contributed by atoms with van der Waals surface area (Å²) in [5, 5.41) is 6.83. The molecule has 1 saturated heterocycles. The maximum absolute atomic E-state index is 11.9. The molecular formula is C22H35N5O2. The van der Waals surface area contributed by atoms with Gasteiger partial charge in [0.25, 0.3) is 0 Å². The van der Waals surface area contributed by atoms with Crippen LogP contribution in [0.1, 0.15) is 57.1 Å². The summed E-state index contributed by atoms with van der Waals surface area (Å²) in [5.41, 5.74) is 1.06. The number of rotatable bonds is 7. The Kier molecular flexibility index (Phi) is 8.14. The van der Waals surface area contributed by atoms with Gasteiger partial charge in [0.15, 0.2) is 5.96 Å². The number of ether oxygens (including phenoxy) is 1. The Bertz CT molecular complexity index is 680. The van der Waals surface area contributed by atoms with Crippen LogP contribution in [0.25, 0.3) is 0 Å². The van der Waals surface area contributed by atoms with Crippen LogP contribution in [0.4, 0.5) is 5.82 Å². The van der Waals surface area contributed by atoms with E-state index in [0.717, 1.165) is 62.7 Å². The molecular weight excluding hydrogens is 366 g/mol. The van der Waals surface area contributed by atoms with Crippen LogP contribution < -0.4 is 15.5 Å². The van der Waals surface area contributed by atoms with Crippen molar-refractivity contribution >= 4 is 17.7 Å². The largest absolute Gasteiger partial charge is 0.462 e. The standard InChI is InChI=1S/C22H35N5O2/c1-17-7-5-10-20(25-17)27-15-12-18(13-16-27)26-22(23-2)24-14-6-11-21(28)29-19-8-3-4-9-19/h5,7,10,18-19H,3-4,6,8-9,11-16H2,1-2H3,(H2,23,24,26). The number of carbonyl (C=O) groups excluding carboxylic acids is 1. The molecule has 2 aliphatic rings. The third-order valence-corrected chi connectivity index (χ3v) is 5.71. The minimum Gasteiger partial charge on any atom is -0.462 e. The lowest BCUT2D eigenvalue weighted by Crippen LogP contribution is -2.49. The Morgan fingerprint density at radius 1 is 1.24 bits per heavy atom. The van der Waals surface area contributed by atoms with Crippen LogP contribution in [0.5, 0.6) is 0 Å². The van der Waals surface area contributed by atoms with E-state index in [4.69, 9.17) is 4.74 Å². The van der Waals surface area contributed by atoms with Crippen molar-refractivity contribution in [3.63, 3.8) is 0 Å². The number of anilines is 1. The SMILES string of the molecule is CN=C(NCCCC(=O)OC1CCCC1)NC1CCN(c2cccc(C)n2)CC1. The lowest BCUT2D eigenvalue weighted by atomic mass is 10.1. The predicted octanol–water partition coefficient (Wildman–Crippen LogP) is 2.79. The Morgan fingerprint density at radius 3 is 2.69 bits per heavy atom. The van der Waals surface area contributed by atoms with Gasteiger partial charge in [-0.15, -0.1) is 0 Å². The average Bonchev–Trinajstić information content (AvgIpc) is 3.23. The Morgan fingerprint density at radius 2 is 2.00 bits per heavy atom. The van der Waals surface area contributed by atoms with Crippen molar-refractivity contribution in [3.05, 3.63) is 23.9 Å². The fourth-order valence-corrected chi connectivity index (χ4v) is 4.04. The van der Waals surface area contributed by atoms with Crippen LogP contribution in [0.2, 0.25) is 0 Å². The van der Waals surface area contributed by atoms with Crippen LogP contribution in [0.3, 0.4) is 0 Å². The van der Waals surface area contributed by atoms with Gasteiger partial charge in [-0.3, -0.25) is 9.79 Å².